The van der Waals surface area contributed by atoms with Crippen molar-refractivity contribution >= 4 is 5.97 Å². The summed E-state index contributed by atoms with van der Waals surface area (Å²) >= 11 is 0. The maximum atomic E-state index is 9.60. The predicted molar refractivity (Wildman–Crippen MR) is 48.2 cm³/mol. The van der Waals surface area contributed by atoms with E-state index in [9.17, 15) is 4.79 Å². The molecular formula is C8H20O4. The van der Waals surface area contributed by atoms with E-state index in [1.54, 1.807) is 0 Å². The molecule has 0 radical (unpaired) electrons. The van der Waals surface area contributed by atoms with E-state index in [1.165, 1.54) is 0 Å². The van der Waals surface area contributed by atoms with Crippen LogP contribution in [0.15, 0.2) is 0 Å². The normalized spacial score (nSPS) is 7.58. The fourth-order valence-corrected chi connectivity index (χ4v) is 0.372. The average Bonchev–Trinajstić information content (AvgIpc) is 1.90. The van der Waals surface area contributed by atoms with E-state index in [2.05, 4.69) is 6.92 Å². The van der Waals surface area contributed by atoms with Crippen LogP contribution in [-0.4, -0.2) is 28.3 Å². The molecule has 0 aliphatic heterocycles. The standard InChI is InChI=1S/C4H8O2.C4H10O.H2O/c1-2-3-4(5)6;1-2-3-4-5;/h2-3H2,1H3,(H,5,6);5H,2-4H2,1H3;1H2. The molecule has 0 aliphatic carbocycles. The first kappa shape index (κ1) is 17.5. The fourth-order valence-electron chi connectivity index (χ4n) is 0.372. The van der Waals surface area contributed by atoms with Crippen molar-refractivity contribution in [2.24, 2.45) is 0 Å². The molecule has 0 heterocycles. The Balaban J connectivity index is -0.000000126. The van der Waals surface area contributed by atoms with Crippen LogP contribution in [0.25, 0.3) is 0 Å². The van der Waals surface area contributed by atoms with Crippen molar-refractivity contribution in [3.05, 3.63) is 0 Å². The summed E-state index contributed by atoms with van der Waals surface area (Å²) < 4.78 is 0. The number of aliphatic hydroxyl groups is 1. The highest BCUT2D eigenvalue weighted by Crippen LogP contribution is 1.82. The van der Waals surface area contributed by atoms with Gasteiger partial charge in [-0.1, -0.05) is 20.3 Å². The number of hydrogen-bond donors (Lipinski definition) is 2. The van der Waals surface area contributed by atoms with Crippen LogP contribution in [0.3, 0.4) is 0 Å². The predicted octanol–water partition coefficient (Wildman–Crippen LogP) is 0.825. The summed E-state index contributed by atoms with van der Waals surface area (Å²) in [5.41, 5.74) is 0. The highest BCUT2D eigenvalue weighted by Gasteiger charge is 1.87. The van der Waals surface area contributed by atoms with Gasteiger partial charge in [-0.2, -0.15) is 0 Å². The first-order chi connectivity index (χ1) is 5.18. The molecule has 0 saturated carbocycles. The zero-order chi connectivity index (χ0) is 9.11. The lowest BCUT2D eigenvalue weighted by Crippen LogP contribution is -1.90. The number of carboxylic acid groups (broad SMARTS) is 1. The lowest BCUT2D eigenvalue weighted by atomic mass is 10.4. The Kier molecular flexibility index (Phi) is 24.4. The molecule has 0 atom stereocenters. The third-order valence-corrected chi connectivity index (χ3v) is 0.976. The largest absolute Gasteiger partial charge is 0.481 e. The Morgan fingerprint density at radius 3 is 1.75 bits per heavy atom. The molecule has 0 bridgehead atoms. The third kappa shape index (κ3) is 34.3. The van der Waals surface area contributed by atoms with Gasteiger partial charge in [0.2, 0.25) is 0 Å². The van der Waals surface area contributed by atoms with Crippen LogP contribution >= 0.6 is 0 Å². The van der Waals surface area contributed by atoms with Crippen LogP contribution in [0.2, 0.25) is 0 Å². The van der Waals surface area contributed by atoms with Gasteiger partial charge in [-0.25, -0.2) is 0 Å². The first-order valence-electron chi connectivity index (χ1n) is 4.01. The minimum absolute atomic E-state index is 0. The van der Waals surface area contributed by atoms with E-state index >= 15 is 0 Å². The molecule has 4 N–H and O–H groups in total. The monoisotopic (exact) mass is 180 g/mol. The topological polar surface area (TPSA) is 89.0 Å². The minimum Gasteiger partial charge on any atom is -0.481 e. The maximum Gasteiger partial charge on any atom is 0.303 e. The van der Waals surface area contributed by atoms with Gasteiger partial charge in [-0.3, -0.25) is 4.79 Å². The summed E-state index contributed by atoms with van der Waals surface area (Å²) in [5.74, 6) is -0.711. The van der Waals surface area contributed by atoms with Gasteiger partial charge in [-0.05, 0) is 12.8 Å². The van der Waals surface area contributed by atoms with Crippen molar-refractivity contribution < 1.29 is 20.5 Å². The average molecular weight is 180 g/mol. The molecule has 0 fully saturated rings. The van der Waals surface area contributed by atoms with Gasteiger partial charge in [0.25, 0.3) is 0 Å². The number of rotatable bonds is 4. The SMILES string of the molecule is CCCC(=O)O.CCCCO.O. The molecule has 0 aromatic heterocycles. The highest BCUT2D eigenvalue weighted by molar-refractivity contribution is 5.66. The zero-order valence-corrected chi connectivity index (χ0v) is 7.84. The fraction of sp³-hybridized carbons (Fsp3) is 0.875. The summed E-state index contributed by atoms with van der Waals surface area (Å²) in [6.45, 7) is 4.24. The highest BCUT2D eigenvalue weighted by atomic mass is 16.4. The molecule has 0 aromatic carbocycles. The van der Waals surface area contributed by atoms with Gasteiger partial charge >= 0.3 is 5.97 Å². The third-order valence-electron chi connectivity index (χ3n) is 0.976. The lowest BCUT2D eigenvalue weighted by molar-refractivity contribution is -0.137. The van der Waals surface area contributed by atoms with Gasteiger partial charge in [0.15, 0.2) is 0 Å². The number of aliphatic carboxylic acids is 1. The summed E-state index contributed by atoms with van der Waals surface area (Å²) in [6.07, 6.45) is 3.06. The van der Waals surface area contributed by atoms with Gasteiger partial charge in [0.05, 0.1) is 0 Å². The van der Waals surface area contributed by atoms with E-state index < -0.39 is 5.97 Å². The molecule has 0 rings (SSSR count). The van der Waals surface area contributed by atoms with Crippen LogP contribution < -0.4 is 0 Å². The van der Waals surface area contributed by atoms with E-state index in [4.69, 9.17) is 10.2 Å². The van der Waals surface area contributed by atoms with Crippen LogP contribution in [0.1, 0.15) is 39.5 Å². The molecule has 12 heavy (non-hydrogen) atoms. The Hall–Kier alpha value is -0.610. The van der Waals surface area contributed by atoms with E-state index in [1.807, 2.05) is 6.92 Å². The number of carboxylic acids is 1. The summed E-state index contributed by atoms with van der Waals surface area (Å²) in [4.78, 5) is 9.60. The second-order valence-corrected chi connectivity index (χ2v) is 2.22. The van der Waals surface area contributed by atoms with Crippen molar-refractivity contribution in [2.75, 3.05) is 6.61 Å². The smallest absolute Gasteiger partial charge is 0.303 e. The Morgan fingerprint density at radius 1 is 1.25 bits per heavy atom. The maximum absolute atomic E-state index is 9.60. The van der Waals surface area contributed by atoms with Crippen molar-refractivity contribution in [1.82, 2.24) is 0 Å². The molecule has 0 aromatic rings. The van der Waals surface area contributed by atoms with Gasteiger partial charge in [0.1, 0.15) is 0 Å². The van der Waals surface area contributed by atoms with Gasteiger partial charge in [0, 0.05) is 13.0 Å². The number of carbonyl (C=O) groups is 1. The van der Waals surface area contributed by atoms with E-state index in [-0.39, 0.29) is 5.48 Å². The van der Waals surface area contributed by atoms with Crippen molar-refractivity contribution in [1.29, 1.82) is 0 Å². The Morgan fingerprint density at radius 2 is 1.75 bits per heavy atom. The molecule has 4 heteroatoms. The van der Waals surface area contributed by atoms with Crippen LogP contribution in [0.4, 0.5) is 0 Å². The molecule has 76 valence electrons. The van der Waals surface area contributed by atoms with E-state index in [0.29, 0.717) is 13.0 Å². The zero-order valence-electron chi connectivity index (χ0n) is 7.84. The van der Waals surface area contributed by atoms with Gasteiger partial charge < -0.3 is 15.7 Å². The second-order valence-electron chi connectivity index (χ2n) is 2.22. The molecule has 0 spiro atoms. The number of hydrogen-bond acceptors (Lipinski definition) is 2. The molecule has 0 saturated heterocycles. The molecule has 0 amide bonds. The minimum atomic E-state index is -0.711. The lowest BCUT2D eigenvalue weighted by Gasteiger charge is -1.79. The summed E-state index contributed by atoms with van der Waals surface area (Å²) in [6, 6.07) is 0. The molecule has 0 unspecified atom stereocenters. The summed E-state index contributed by atoms with van der Waals surface area (Å²) in [5, 5.41) is 16.0. The van der Waals surface area contributed by atoms with Crippen molar-refractivity contribution in [2.45, 2.75) is 39.5 Å². The number of unbranched alkanes of at least 4 members (excludes halogenated alkanes) is 1. The van der Waals surface area contributed by atoms with Crippen LogP contribution in [-0.2, 0) is 4.79 Å². The Labute approximate surface area is 73.5 Å². The van der Waals surface area contributed by atoms with Crippen molar-refractivity contribution in [3.63, 3.8) is 0 Å². The van der Waals surface area contributed by atoms with Crippen molar-refractivity contribution in [3.8, 4) is 0 Å². The Bertz CT molecular complexity index is 81.1. The van der Waals surface area contributed by atoms with Crippen LogP contribution in [0, 0.1) is 0 Å². The molecule has 0 aliphatic rings. The first-order valence-corrected chi connectivity index (χ1v) is 4.01. The van der Waals surface area contributed by atoms with Gasteiger partial charge in [-0.15, -0.1) is 0 Å². The second kappa shape index (κ2) is 16.8. The van der Waals surface area contributed by atoms with E-state index in [0.717, 1.165) is 19.3 Å². The van der Waals surface area contributed by atoms with Crippen LogP contribution in [0.5, 0.6) is 0 Å². The summed E-state index contributed by atoms with van der Waals surface area (Å²) in [7, 11) is 0. The molecule has 4 nitrogen and oxygen atoms in total. The molecular weight excluding hydrogens is 160 g/mol. The number of aliphatic hydroxyl groups excluding tert-OH is 1. The quantitative estimate of drug-likeness (QED) is 0.671.